The molecule has 0 atom stereocenters. The third-order valence-corrected chi connectivity index (χ3v) is 3.59. The van der Waals surface area contributed by atoms with Crippen LogP contribution in [-0.2, 0) is 20.0 Å². The number of anilines is 1. The number of amides is 2. The number of rotatable bonds is 7. The summed E-state index contributed by atoms with van der Waals surface area (Å²) in [5, 5.41) is 13.1. The quantitative estimate of drug-likeness (QED) is 0.658. The van der Waals surface area contributed by atoms with Gasteiger partial charge in [0, 0.05) is 25.2 Å². The van der Waals surface area contributed by atoms with Crippen molar-refractivity contribution in [2.75, 3.05) is 31.7 Å². The first kappa shape index (κ1) is 17.0. The lowest BCUT2D eigenvalue weighted by Gasteiger charge is -2.38. The molecule has 8 heteroatoms. The molecule has 2 amide bonds. The molecule has 0 spiro atoms. The van der Waals surface area contributed by atoms with Crippen LogP contribution in [-0.4, -0.2) is 48.0 Å². The smallest absolute Gasteiger partial charge is 0.405 e. The summed E-state index contributed by atoms with van der Waals surface area (Å²) in [6, 6.07) is 1.74. The number of carboxylic acid groups (broad SMARTS) is 1. The molecule has 1 aliphatic rings. The van der Waals surface area contributed by atoms with Crippen molar-refractivity contribution in [3.8, 4) is 0 Å². The van der Waals surface area contributed by atoms with E-state index in [1.165, 1.54) is 0 Å². The van der Waals surface area contributed by atoms with Gasteiger partial charge in [-0.2, -0.15) is 0 Å². The molecule has 0 bridgehead atoms. The van der Waals surface area contributed by atoms with Crippen molar-refractivity contribution in [1.82, 2.24) is 9.88 Å². The summed E-state index contributed by atoms with van der Waals surface area (Å²) in [6.45, 7) is 4.99. The standard InChI is InChI=1S/C15H21N3O5/c1-2-7-23-15(4-8-22-9-5-15)18-6-3-12(11-18)17-13(19)10-16-14(20)21/h2-3,6,11,16H,1,4-5,7-10H2,(H,17,19)(H,20,21). The lowest BCUT2D eigenvalue weighted by Crippen LogP contribution is -2.41. The largest absolute Gasteiger partial charge is 0.465 e. The zero-order valence-electron chi connectivity index (χ0n) is 12.8. The second kappa shape index (κ2) is 7.80. The number of aromatic nitrogens is 1. The van der Waals surface area contributed by atoms with E-state index < -0.39 is 17.7 Å². The second-order valence-corrected chi connectivity index (χ2v) is 5.17. The summed E-state index contributed by atoms with van der Waals surface area (Å²) >= 11 is 0. The Balaban J connectivity index is 2.04. The highest BCUT2D eigenvalue weighted by Gasteiger charge is 2.35. The van der Waals surface area contributed by atoms with Gasteiger partial charge in [-0.05, 0) is 6.07 Å². The number of carbonyl (C=O) groups excluding carboxylic acids is 1. The molecular formula is C15H21N3O5. The van der Waals surface area contributed by atoms with Gasteiger partial charge < -0.3 is 29.8 Å². The van der Waals surface area contributed by atoms with Gasteiger partial charge in [-0.3, -0.25) is 4.79 Å². The predicted octanol–water partition coefficient (Wildman–Crippen LogP) is 1.36. The highest BCUT2D eigenvalue weighted by Crippen LogP contribution is 2.32. The zero-order chi connectivity index (χ0) is 16.7. The van der Waals surface area contributed by atoms with Crippen LogP contribution in [0.25, 0.3) is 0 Å². The molecule has 0 aromatic carbocycles. The number of nitrogens with one attached hydrogen (secondary N) is 2. The molecule has 0 aliphatic carbocycles. The summed E-state index contributed by atoms with van der Waals surface area (Å²) in [4.78, 5) is 22.0. The van der Waals surface area contributed by atoms with E-state index in [1.54, 1.807) is 18.3 Å². The highest BCUT2D eigenvalue weighted by molar-refractivity contribution is 5.93. The Bertz CT molecular complexity index is 563. The van der Waals surface area contributed by atoms with Crippen LogP contribution in [0.3, 0.4) is 0 Å². The first-order valence-electron chi connectivity index (χ1n) is 7.33. The van der Waals surface area contributed by atoms with Crippen molar-refractivity contribution in [2.24, 2.45) is 0 Å². The predicted molar refractivity (Wildman–Crippen MR) is 83.3 cm³/mol. The first-order valence-corrected chi connectivity index (χ1v) is 7.33. The molecule has 0 unspecified atom stereocenters. The molecule has 1 aromatic rings. The van der Waals surface area contributed by atoms with E-state index in [2.05, 4.69) is 11.9 Å². The van der Waals surface area contributed by atoms with E-state index in [1.807, 2.05) is 16.1 Å². The van der Waals surface area contributed by atoms with Crippen molar-refractivity contribution in [2.45, 2.75) is 18.6 Å². The average molecular weight is 323 g/mol. The van der Waals surface area contributed by atoms with E-state index in [0.29, 0.717) is 38.3 Å². The summed E-state index contributed by atoms with van der Waals surface area (Å²) < 4.78 is 13.3. The maximum Gasteiger partial charge on any atom is 0.405 e. The summed E-state index contributed by atoms with van der Waals surface area (Å²) in [6.07, 6.45) is 5.45. The van der Waals surface area contributed by atoms with Crippen LogP contribution in [0.5, 0.6) is 0 Å². The third-order valence-electron chi connectivity index (χ3n) is 3.59. The first-order chi connectivity index (χ1) is 11.1. The lowest BCUT2D eigenvalue weighted by atomic mass is 10.0. The zero-order valence-corrected chi connectivity index (χ0v) is 12.8. The van der Waals surface area contributed by atoms with Crippen molar-refractivity contribution >= 4 is 17.7 Å². The SMILES string of the molecule is C=CCOC1(n2ccc(NC(=O)CNC(=O)O)c2)CCOCC1. The Morgan fingerprint density at radius 2 is 2.22 bits per heavy atom. The van der Waals surface area contributed by atoms with Crippen LogP contribution in [0, 0.1) is 0 Å². The summed E-state index contributed by atoms with van der Waals surface area (Å²) in [7, 11) is 0. The maximum absolute atomic E-state index is 11.6. The molecule has 23 heavy (non-hydrogen) atoms. The minimum absolute atomic E-state index is 0.299. The minimum Gasteiger partial charge on any atom is -0.465 e. The summed E-state index contributed by atoms with van der Waals surface area (Å²) in [5.41, 5.74) is 0.0598. The molecule has 2 rings (SSSR count). The van der Waals surface area contributed by atoms with E-state index in [0.717, 1.165) is 0 Å². The monoisotopic (exact) mass is 323 g/mol. The van der Waals surface area contributed by atoms with Crippen molar-refractivity contribution in [1.29, 1.82) is 0 Å². The maximum atomic E-state index is 11.6. The Labute approximate surface area is 134 Å². The number of hydrogen-bond donors (Lipinski definition) is 3. The Kier molecular flexibility index (Phi) is 5.78. The van der Waals surface area contributed by atoms with Crippen molar-refractivity contribution in [3.05, 3.63) is 31.1 Å². The molecule has 1 fully saturated rings. The lowest BCUT2D eigenvalue weighted by molar-refractivity contribution is -0.155. The van der Waals surface area contributed by atoms with Crippen molar-refractivity contribution < 1.29 is 24.2 Å². The molecule has 0 radical (unpaired) electrons. The van der Waals surface area contributed by atoms with Gasteiger partial charge in [0.05, 0.1) is 25.5 Å². The number of hydrogen-bond acceptors (Lipinski definition) is 4. The molecule has 8 nitrogen and oxygen atoms in total. The van der Waals surface area contributed by atoms with Crippen LogP contribution in [0.1, 0.15) is 12.8 Å². The normalized spacial score (nSPS) is 16.5. The Morgan fingerprint density at radius 3 is 2.87 bits per heavy atom. The van der Waals surface area contributed by atoms with E-state index in [9.17, 15) is 9.59 Å². The molecule has 1 saturated heterocycles. The van der Waals surface area contributed by atoms with Gasteiger partial charge in [0.2, 0.25) is 5.91 Å². The van der Waals surface area contributed by atoms with E-state index in [-0.39, 0.29) is 6.54 Å². The highest BCUT2D eigenvalue weighted by atomic mass is 16.5. The van der Waals surface area contributed by atoms with Gasteiger partial charge in [-0.25, -0.2) is 4.79 Å². The van der Waals surface area contributed by atoms with Gasteiger partial charge in [-0.15, -0.1) is 6.58 Å². The van der Waals surface area contributed by atoms with Gasteiger partial charge in [-0.1, -0.05) is 6.08 Å². The van der Waals surface area contributed by atoms with Crippen LogP contribution in [0.2, 0.25) is 0 Å². The minimum atomic E-state index is -1.24. The molecule has 3 N–H and O–H groups in total. The van der Waals surface area contributed by atoms with Crippen molar-refractivity contribution in [3.63, 3.8) is 0 Å². The number of ether oxygens (including phenoxy) is 2. The second-order valence-electron chi connectivity index (χ2n) is 5.17. The van der Waals surface area contributed by atoms with Crippen LogP contribution in [0.4, 0.5) is 10.5 Å². The van der Waals surface area contributed by atoms with Gasteiger partial charge >= 0.3 is 6.09 Å². The molecule has 1 aromatic heterocycles. The van der Waals surface area contributed by atoms with Gasteiger partial charge in [0.15, 0.2) is 0 Å². The molecule has 2 heterocycles. The van der Waals surface area contributed by atoms with Gasteiger partial charge in [0.25, 0.3) is 0 Å². The van der Waals surface area contributed by atoms with E-state index >= 15 is 0 Å². The fraction of sp³-hybridized carbons (Fsp3) is 0.467. The topological polar surface area (TPSA) is 102 Å². The average Bonchev–Trinajstić information content (AvgIpc) is 3.01. The Hall–Kier alpha value is -2.32. The summed E-state index contributed by atoms with van der Waals surface area (Å²) in [5.74, 6) is -0.432. The van der Waals surface area contributed by atoms with Crippen LogP contribution >= 0.6 is 0 Å². The van der Waals surface area contributed by atoms with Crippen LogP contribution in [0.15, 0.2) is 31.1 Å². The third kappa shape index (κ3) is 4.57. The van der Waals surface area contributed by atoms with E-state index in [4.69, 9.17) is 14.6 Å². The fourth-order valence-corrected chi connectivity index (χ4v) is 2.47. The Morgan fingerprint density at radius 1 is 1.48 bits per heavy atom. The number of nitrogens with zero attached hydrogens (tertiary/aromatic N) is 1. The fourth-order valence-electron chi connectivity index (χ4n) is 2.47. The molecule has 1 aliphatic heterocycles. The van der Waals surface area contributed by atoms with Crippen LogP contribution < -0.4 is 10.6 Å². The molecule has 126 valence electrons. The molecule has 0 saturated carbocycles. The molecular weight excluding hydrogens is 302 g/mol. The van der Waals surface area contributed by atoms with Gasteiger partial charge in [0.1, 0.15) is 12.3 Å². The number of carbonyl (C=O) groups is 2.